The third-order valence-electron chi connectivity index (χ3n) is 5.11. The summed E-state index contributed by atoms with van der Waals surface area (Å²) >= 11 is 0. The van der Waals surface area contributed by atoms with Gasteiger partial charge in [-0.15, -0.1) is 0 Å². The number of aromatic nitrogens is 1. The number of carbonyl (C=O) groups excluding carboxylic acids is 2. The van der Waals surface area contributed by atoms with Crippen molar-refractivity contribution in [1.82, 2.24) is 10.3 Å². The molecule has 3 atom stereocenters. The summed E-state index contributed by atoms with van der Waals surface area (Å²) in [7, 11) is 1.52. The molecule has 1 saturated carbocycles. The summed E-state index contributed by atoms with van der Waals surface area (Å²) in [4.78, 5) is 29.0. The molecule has 0 unspecified atom stereocenters. The molecule has 26 heavy (non-hydrogen) atoms. The number of pyridine rings is 1. The lowest BCUT2D eigenvalue weighted by Crippen LogP contribution is -2.21. The molecule has 1 aromatic heterocycles. The Bertz CT molecular complexity index is 847. The molecule has 1 aliphatic carbocycles. The van der Waals surface area contributed by atoms with Gasteiger partial charge in [0, 0.05) is 19.0 Å². The Hall–Kier alpha value is -2.53. The predicted molar refractivity (Wildman–Crippen MR) is 99.1 cm³/mol. The van der Waals surface area contributed by atoms with Crippen LogP contribution in [0.2, 0.25) is 0 Å². The van der Waals surface area contributed by atoms with Crippen LogP contribution in [0.3, 0.4) is 0 Å². The molecule has 1 amide bonds. The Morgan fingerprint density at radius 1 is 1.31 bits per heavy atom. The average Bonchev–Trinajstić information content (AvgIpc) is 3.34. The number of nitrogens with one attached hydrogen (secondary N) is 1. The highest BCUT2D eigenvalue weighted by molar-refractivity contribution is 6.00. The van der Waals surface area contributed by atoms with Crippen molar-refractivity contribution in [3.8, 4) is 0 Å². The van der Waals surface area contributed by atoms with E-state index in [1.807, 2.05) is 31.2 Å². The van der Waals surface area contributed by atoms with Gasteiger partial charge < -0.3 is 10.4 Å². The van der Waals surface area contributed by atoms with Crippen molar-refractivity contribution in [2.45, 2.75) is 32.8 Å². The zero-order valence-corrected chi connectivity index (χ0v) is 15.3. The van der Waals surface area contributed by atoms with Gasteiger partial charge in [0.1, 0.15) is 11.8 Å². The summed E-state index contributed by atoms with van der Waals surface area (Å²) in [6.07, 6.45) is 0.544. The van der Waals surface area contributed by atoms with Crippen molar-refractivity contribution in [3.63, 3.8) is 0 Å². The van der Waals surface area contributed by atoms with Crippen molar-refractivity contribution < 1.29 is 14.7 Å². The summed E-state index contributed by atoms with van der Waals surface area (Å²) in [5.74, 6) is 0.614. The summed E-state index contributed by atoms with van der Waals surface area (Å²) < 4.78 is 0. The van der Waals surface area contributed by atoms with E-state index in [4.69, 9.17) is 0 Å². The van der Waals surface area contributed by atoms with Crippen LogP contribution >= 0.6 is 0 Å². The first-order valence-electron chi connectivity index (χ1n) is 8.91. The number of aliphatic hydroxyl groups is 1. The number of amides is 1. The first-order valence-corrected chi connectivity index (χ1v) is 8.91. The summed E-state index contributed by atoms with van der Waals surface area (Å²) in [5, 5.41) is 13.3. The molecule has 1 heterocycles. The van der Waals surface area contributed by atoms with Crippen LogP contribution in [0.25, 0.3) is 0 Å². The Labute approximate surface area is 153 Å². The third-order valence-corrected chi connectivity index (χ3v) is 5.11. The lowest BCUT2D eigenvalue weighted by molar-refractivity contribution is 0.0957. The zero-order chi connectivity index (χ0) is 18.8. The van der Waals surface area contributed by atoms with Crippen molar-refractivity contribution in [3.05, 3.63) is 64.5 Å². The number of ketones is 1. The van der Waals surface area contributed by atoms with Gasteiger partial charge in [0.2, 0.25) is 0 Å². The van der Waals surface area contributed by atoms with Crippen LogP contribution in [-0.4, -0.2) is 28.8 Å². The van der Waals surface area contributed by atoms with Crippen LogP contribution in [-0.2, 0) is 0 Å². The fourth-order valence-corrected chi connectivity index (χ4v) is 3.19. The molecule has 2 N–H and O–H groups in total. The smallest absolute Gasteiger partial charge is 0.269 e. The molecule has 1 aliphatic rings. The van der Waals surface area contributed by atoms with Crippen LogP contribution in [0.1, 0.15) is 63.5 Å². The molecule has 0 saturated heterocycles. The van der Waals surface area contributed by atoms with Gasteiger partial charge in [-0.2, -0.15) is 0 Å². The first-order chi connectivity index (χ1) is 12.4. The Morgan fingerprint density at radius 3 is 2.62 bits per heavy atom. The number of aliphatic hydroxyl groups excluding tert-OH is 1. The van der Waals surface area contributed by atoms with Gasteiger partial charge in [0.05, 0.1) is 5.69 Å². The molecule has 2 aromatic rings. The zero-order valence-electron chi connectivity index (χ0n) is 15.3. The quantitative estimate of drug-likeness (QED) is 0.783. The number of hydrogen-bond acceptors (Lipinski definition) is 4. The lowest BCUT2D eigenvalue weighted by atomic mass is 9.97. The monoisotopic (exact) mass is 352 g/mol. The minimum absolute atomic E-state index is 0.00913. The minimum Gasteiger partial charge on any atom is -0.382 e. The summed E-state index contributed by atoms with van der Waals surface area (Å²) in [6, 6.07) is 10.6. The highest BCUT2D eigenvalue weighted by Crippen LogP contribution is 2.41. The number of Topliss-reactive ketones (excluding diaryl/α,β-unsaturated/α-hetero) is 1. The van der Waals surface area contributed by atoms with Crippen LogP contribution in [0.4, 0.5) is 0 Å². The fraction of sp³-hybridized carbons (Fsp3) is 0.381. The third kappa shape index (κ3) is 3.83. The van der Waals surface area contributed by atoms with E-state index in [-0.39, 0.29) is 17.4 Å². The molecule has 0 spiro atoms. The molecule has 0 radical (unpaired) electrons. The maximum absolute atomic E-state index is 12.6. The molecule has 1 aromatic carbocycles. The van der Waals surface area contributed by atoms with Crippen molar-refractivity contribution in [2.24, 2.45) is 11.8 Å². The van der Waals surface area contributed by atoms with Gasteiger partial charge in [-0.25, -0.2) is 4.98 Å². The van der Waals surface area contributed by atoms with E-state index < -0.39 is 6.10 Å². The number of nitrogens with zero attached hydrogens (tertiary/aromatic N) is 1. The number of aryl methyl sites for hydroxylation is 1. The maximum Gasteiger partial charge on any atom is 0.269 e. The Morgan fingerprint density at radius 2 is 2.00 bits per heavy atom. The van der Waals surface area contributed by atoms with Gasteiger partial charge in [0.25, 0.3) is 5.91 Å². The molecular formula is C21H24N2O3. The number of rotatable bonds is 6. The first kappa shape index (κ1) is 18.3. The minimum atomic E-state index is -0.993. The van der Waals surface area contributed by atoms with Crippen LogP contribution < -0.4 is 5.32 Å². The van der Waals surface area contributed by atoms with Crippen molar-refractivity contribution in [2.75, 3.05) is 7.05 Å². The second kappa shape index (κ2) is 7.38. The average molecular weight is 352 g/mol. The molecule has 136 valence electrons. The van der Waals surface area contributed by atoms with E-state index in [1.165, 1.54) is 13.1 Å². The molecule has 3 rings (SSSR count). The van der Waals surface area contributed by atoms with E-state index in [2.05, 4.69) is 17.2 Å². The summed E-state index contributed by atoms with van der Waals surface area (Å²) in [6.45, 7) is 4.04. The van der Waals surface area contributed by atoms with E-state index >= 15 is 0 Å². The number of benzene rings is 1. The summed E-state index contributed by atoms with van der Waals surface area (Å²) in [5.41, 5.74) is 2.52. The van der Waals surface area contributed by atoms with Gasteiger partial charge in [-0.3, -0.25) is 9.59 Å². The maximum atomic E-state index is 12.6. The van der Waals surface area contributed by atoms with Crippen molar-refractivity contribution >= 4 is 11.7 Å². The Balaban J connectivity index is 1.98. The molecular weight excluding hydrogens is 328 g/mol. The van der Waals surface area contributed by atoms with Crippen LogP contribution in [0.15, 0.2) is 36.4 Å². The fourth-order valence-electron chi connectivity index (χ4n) is 3.19. The van der Waals surface area contributed by atoms with Gasteiger partial charge in [-0.05, 0) is 48.4 Å². The van der Waals surface area contributed by atoms with Gasteiger partial charge in [-0.1, -0.05) is 31.2 Å². The molecule has 5 nitrogen and oxygen atoms in total. The topological polar surface area (TPSA) is 79.3 Å². The standard InChI is InChI=1S/C21H24N2O3/c1-12-6-4-5-7-16(12)20(25)17-9-15(10-18(23-17)21(26)22-3)19(24)11-14-8-13(14)2/h4-7,9-10,13-14,20,25H,8,11H2,1-3H3,(H,22,26)/t13-,14+,20+/m0/s1. The van der Waals surface area contributed by atoms with Crippen molar-refractivity contribution in [1.29, 1.82) is 0 Å². The van der Waals surface area contributed by atoms with Crippen LogP contribution in [0, 0.1) is 18.8 Å². The highest BCUT2D eigenvalue weighted by atomic mass is 16.3. The second-order valence-corrected chi connectivity index (χ2v) is 7.10. The van der Waals surface area contributed by atoms with E-state index in [9.17, 15) is 14.7 Å². The van der Waals surface area contributed by atoms with Gasteiger partial charge in [0.15, 0.2) is 5.78 Å². The molecule has 5 heteroatoms. The SMILES string of the molecule is CNC(=O)c1cc(C(=O)C[C@H]2C[C@@H]2C)cc([C@H](O)c2ccccc2C)n1. The molecule has 0 aliphatic heterocycles. The van der Waals surface area contributed by atoms with Crippen LogP contribution in [0.5, 0.6) is 0 Å². The van der Waals surface area contributed by atoms with E-state index in [1.54, 1.807) is 6.07 Å². The second-order valence-electron chi connectivity index (χ2n) is 7.10. The Kier molecular flexibility index (Phi) is 5.18. The molecule has 0 bridgehead atoms. The van der Waals surface area contributed by atoms with Gasteiger partial charge >= 0.3 is 0 Å². The largest absolute Gasteiger partial charge is 0.382 e. The highest BCUT2D eigenvalue weighted by Gasteiger charge is 2.34. The van der Waals surface area contributed by atoms with E-state index in [0.717, 1.165) is 12.0 Å². The number of hydrogen-bond donors (Lipinski definition) is 2. The lowest BCUT2D eigenvalue weighted by Gasteiger charge is -2.15. The van der Waals surface area contributed by atoms with E-state index in [0.29, 0.717) is 35.1 Å². The normalized spacial score (nSPS) is 19.7. The number of carbonyl (C=O) groups is 2. The predicted octanol–water partition coefficient (Wildman–Crippen LogP) is 3.06. The molecule has 1 fully saturated rings.